The predicted molar refractivity (Wildman–Crippen MR) is 87.5 cm³/mol. The maximum absolute atomic E-state index is 12.5. The van der Waals surface area contributed by atoms with Crippen LogP contribution in [0.25, 0.3) is 0 Å². The van der Waals surface area contributed by atoms with Gasteiger partial charge < -0.3 is 15.0 Å². The Bertz CT molecular complexity index is 810. The lowest BCUT2D eigenvalue weighted by Gasteiger charge is -2.34. The van der Waals surface area contributed by atoms with E-state index in [1.165, 1.54) is 19.2 Å². The topological polar surface area (TPSA) is 108 Å². The summed E-state index contributed by atoms with van der Waals surface area (Å²) in [7, 11) is -1.93. The summed E-state index contributed by atoms with van der Waals surface area (Å²) in [4.78, 5) is 4.56. The number of sulfone groups is 1. The largest absolute Gasteiger partial charge is 0.497 e. The number of hydrogen-bond donors (Lipinski definition) is 1. The number of aromatic nitrogens is 2. The highest BCUT2D eigenvalue weighted by Crippen LogP contribution is 2.37. The Morgan fingerprint density at radius 1 is 1.33 bits per heavy atom. The summed E-state index contributed by atoms with van der Waals surface area (Å²) in [6, 6.07) is 6.31. The normalized spacial score (nSPS) is 18.0. The van der Waals surface area contributed by atoms with Crippen molar-refractivity contribution >= 4 is 9.84 Å². The maximum atomic E-state index is 12.5. The second kappa shape index (κ2) is 6.18. The molecule has 0 saturated heterocycles. The molecule has 1 heterocycles. The molecule has 0 radical (unpaired) electrons. The van der Waals surface area contributed by atoms with E-state index >= 15 is 0 Å². The van der Waals surface area contributed by atoms with Crippen LogP contribution in [0.2, 0.25) is 0 Å². The summed E-state index contributed by atoms with van der Waals surface area (Å²) in [5, 5.41) is 3.93. The van der Waals surface area contributed by atoms with Crippen LogP contribution in [-0.2, 0) is 15.4 Å². The molecule has 1 unspecified atom stereocenters. The van der Waals surface area contributed by atoms with Crippen LogP contribution in [0.15, 0.2) is 33.7 Å². The van der Waals surface area contributed by atoms with E-state index in [1.54, 1.807) is 19.1 Å². The Hall–Kier alpha value is -1.93. The van der Waals surface area contributed by atoms with Gasteiger partial charge in [0, 0.05) is 5.92 Å². The van der Waals surface area contributed by atoms with Crippen molar-refractivity contribution in [3.63, 3.8) is 0 Å². The molecule has 1 aromatic heterocycles. The fourth-order valence-corrected chi connectivity index (χ4v) is 4.24. The minimum atomic E-state index is -3.47. The molecular weight excluding hydrogens is 330 g/mol. The van der Waals surface area contributed by atoms with Gasteiger partial charge in [-0.1, -0.05) is 12.1 Å². The minimum absolute atomic E-state index is 0.113. The van der Waals surface area contributed by atoms with Gasteiger partial charge in [0.15, 0.2) is 15.7 Å². The summed E-state index contributed by atoms with van der Waals surface area (Å²) < 4.78 is 35.3. The van der Waals surface area contributed by atoms with Gasteiger partial charge in [-0.05, 0) is 43.5 Å². The first kappa shape index (κ1) is 16.9. The molecule has 7 nitrogen and oxygen atoms in total. The molecule has 3 rings (SSSR count). The van der Waals surface area contributed by atoms with E-state index < -0.39 is 21.3 Å². The lowest BCUT2D eigenvalue weighted by atomic mass is 9.77. The molecule has 130 valence electrons. The number of ether oxygens (including phenoxy) is 1. The highest BCUT2D eigenvalue weighted by Gasteiger charge is 2.39. The predicted octanol–water partition coefficient (Wildman–Crippen LogP) is 1.99. The van der Waals surface area contributed by atoms with Crippen LogP contribution in [0.3, 0.4) is 0 Å². The van der Waals surface area contributed by atoms with Crippen molar-refractivity contribution in [2.24, 2.45) is 5.73 Å². The number of nitrogens with two attached hydrogens (primary N) is 1. The lowest BCUT2D eigenvalue weighted by molar-refractivity contribution is 0.228. The number of hydrogen-bond acceptors (Lipinski definition) is 7. The first-order chi connectivity index (χ1) is 11.3. The molecule has 1 saturated carbocycles. The summed E-state index contributed by atoms with van der Waals surface area (Å²) in [5.74, 6) is 0.856. The standard InChI is InChI=1S/C16H21N3O4S/c1-11(14-18-15(19-23-14)16(17)8-3-9-16)10-24(20,21)13-6-4-12(22-2)5-7-13/h4-7,11H,3,8-10,17H2,1-2H3. The lowest BCUT2D eigenvalue weighted by Crippen LogP contribution is -2.44. The molecule has 0 bridgehead atoms. The zero-order valence-corrected chi connectivity index (χ0v) is 14.5. The Kier molecular flexibility index (Phi) is 4.35. The monoisotopic (exact) mass is 351 g/mol. The van der Waals surface area contributed by atoms with Crippen molar-refractivity contribution in [3.8, 4) is 5.75 Å². The third-order valence-corrected chi connectivity index (χ3v) is 6.37. The van der Waals surface area contributed by atoms with E-state index in [4.69, 9.17) is 15.0 Å². The molecule has 1 aromatic carbocycles. The van der Waals surface area contributed by atoms with Crippen molar-refractivity contribution in [1.82, 2.24) is 10.1 Å². The molecule has 0 amide bonds. The van der Waals surface area contributed by atoms with E-state index in [9.17, 15) is 8.42 Å². The van der Waals surface area contributed by atoms with Crippen molar-refractivity contribution in [3.05, 3.63) is 36.0 Å². The second-order valence-electron chi connectivity index (χ2n) is 6.32. The Labute approximate surface area is 141 Å². The fraction of sp³-hybridized carbons (Fsp3) is 0.500. The molecule has 2 N–H and O–H groups in total. The van der Waals surface area contributed by atoms with Gasteiger partial charge in [-0.15, -0.1) is 0 Å². The molecule has 1 fully saturated rings. The van der Waals surface area contributed by atoms with Crippen molar-refractivity contribution in [2.75, 3.05) is 12.9 Å². The number of rotatable bonds is 6. The molecule has 1 aliphatic carbocycles. The average Bonchev–Trinajstić information content (AvgIpc) is 3.02. The van der Waals surface area contributed by atoms with Crippen LogP contribution in [0, 0.1) is 0 Å². The van der Waals surface area contributed by atoms with Gasteiger partial charge in [0.05, 0.1) is 23.3 Å². The van der Waals surface area contributed by atoms with E-state index in [-0.39, 0.29) is 10.6 Å². The molecule has 0 spiro atoms. The van der Waals surface area contributed by atoms with Crippen LogP contribution in [0.4, 0.5) is 0 Å². The fourth-order valence-electron chi connectivity index (χ4n) is 2.70. The van der Waals surface area contributed by atoms with Crippen LogP contribution in [-0.4, -0.2) is 31.4 Å². The molecule has 1 aliphatic rings. The zero-order valence-electron chi connectivity index (χ0n) is 13.7. The highest BCUT2D eigenvalue weighted by molar-refractivity contribution is 7.91. The number of methoxy groups -OCH3 is 1. The van der Waals surface area contributed by atoms with Gasteiger partial charge >= 0.3 is 0 Å². The van der Waals surface area contributed by atoms with Gasteiger partial charge in [-0.25, -0.2) is 8.42 Å². The smallest absolute Gasteiger partial charge is 0.230 e. The van der Waals surface area contributed by atoms with Crippen LogP contribution in [0.5, 0.6) is 5.75 Å². The summed E-state index contributed by atoms with van der Waals surface area (Å²) in [6.07, 6.45) is 2.69. The van der Waals surface area contributed by atoms with E-state index in [0.29, 0.717) is 17.5 Å². The quantitative estimate of drug-likeness (QED) is 0.847. The van der Waals surface area contributed by atoms with Gasteiger partial charge in [0.1, 0.15) is 5.75 Å². The van der Waals surface area contributed by atoms with Crippen LogP contribution >= 0.6 is 0 Å². The molecule has 8 heteroatoms. The molecule has 2 aromatic rings. The van der Waals surface area contributed by atoms with Gasteiger partial charge in [0.25, 0.3) is 0 Å². The first-order valence-electron chi connectivity index (χ1n) is 7.84. The van der Waals surface area contributed by atoms with E-state index in [0.717, 1.165) is 19.3 Å². The molecular formula is C16H21N3O4S. The number of nitrogens with zero attached hydrogens (tertiary/aromatic N) is 2. The first-order valence-corrected chi connectivity index (χ1v) is 9.49. The Morgan fingerprint density at radius 3 is 2.54 bits per heavy atom. The van der Waals surface area contributed by atoms with Crippen LogP contribution in [0.1, 0.15) is 43.8 Å². The van der Waals surface area contributed by atoms with Gasteiger partial charge in [0.2, 0.25) is 5.89 Å². The van der Waals surface area contributed by atoms with Gasteiger partial charge in [-0.3, -0.25) is 0 Å². The van der Waals surface area contributed by atoms with Crippen molar-refractivity contribution in [1.29, 1.82) is 0 Å². The molecule has 24 heavy (non-hydrogen) atoms. The highest BCUT2D eigenvalue weighted by atomic mass is 32.2. The molecule has 1 atom stereocenters. The minimum Gasteiger partial charge on any atom is -0.497 e. The van der Waals surface area contributed by atoms with Gasteiger partial charge in [-0.2, -0.15) is 4.98 Å². The zero-order chi connectivity index (χ0) is 17.4. The maximum Gasteiger partial charge on any atom is 0.230 e. The third kappa shape index (κ3) is 3.16. The van der Waals surface area contributed by atoms with Crippen molar-refractivity contribution in [2.45, 2.75) is 42.5 Å². The SMILES string of the molecule is COc1ccc(S(=O)(=O)CC(C)c2nc(C3(N)CCC3)no2)cc1. The summed E-state index contributed by atoms with van der Waals surface area (Å²) >= 11 is 0. The summed E-state index contributed by atoms with van der Waals surface area (Å²) in [5.41, 5.74) is 5.65. The third-order valence-electron chi connectivity index (χ3n) is 4.44. The number of benzene rings is 1. The van der Waals surface area contributed by atoms with Crippen LogP contribution < -0.4 is 10.5 Å². The van der Waals surface area contributed by atoms with E-state index in [1.807, 2.05) is 0 Å². The summed E-state index contributed by atoms with van der Waals surface area (Å²) in [6.45, 7) is 1.75. The van der Waals surface area contributed by atoms with E-state index in [2.05, 4.69) is 10.1 Å². The molecule has 0 aliphatic heterocycles. The average molecular weight is 351 g/mol. The second-order valence-corrected chi connectivity index (χ2v) is 8.36. The van der Waals surface area contributed by atoms with Crippen molar-refractivity contribution < 1.29 is 17.7 Å². The Balaban J connectivity index is 1.74. The Morgan fingerprint density at radius 2 is 2.00 bits per heavy atom.